The molecule has 3 heteroatoms. The summed E-state index contributed by atoms with van der Waals surface area (Å²) in [6.07, 6.45) is 1.79. The third-order valence-corrected chi connectivity index (χ3v) is 7.13. The number of ketones is 1. The zero-order valence-corrected chi connectivity index (χ0v) is 18.8. The Hall–Kier alpha value is -3.43. The second-order valence-corrected chi connectivity index (χ2v) is 9.11. The van der Waals surface area contributed by atoms with Crippen LogP contribution < -0.4 is 4.74 Å². The maximum atomic E-state index is 14.2. The van der Waals surface area contributed by atoms with Gasteiger partial charge in [-0.1, -0.05) is 107 Å². The highest BCUT2D eigenvalue weighted by Crippen LogP contribution is 2.66. The molecule has 2 aliphatic rings. The highest BCUT2D eigenvalue weighted by atomic mass is 79.9. The Labute approximate surface area is 195 Å². The maximum Gasteiger partial charge on any atom is 0.181 e. The molecule has 0 amide bonds. The highest BCUT2D eigenvalue weighted by molar-refractivity contribution is 9.10. The fourth-order valence-corrected chi connectivity index (χ4v) is 5.78. The Balaban J connectivity index is 1.78. The number of rotatable bonds is 3. The standard InChI is InChI=1S/C29H19BrO2/c30-23-16-17-26-25(18-23)28(21-12-6-2-7-13-21)27(31)19-24(20-10-4-1-5-11-20)29(28,32-26)22-14-8-3-9-15-22/h1-19H/t28-,29+/m0/s1. The fourth-order valence-electron chi connectivity index (χ4n) is 5.42. The minimum absolute atomic E-state index is 0.0308. The number of carbonyl (C=O) groups excluding carboxylic acids is 1. The lowest BCUT2D eigenvalue weighted by atomic mass is 9.61. The van der Waals surface area contributed by atoms with Gasteiger partial charge in [-0.2, -0.15) is 0 Å². The Bertz CT molecular complexity index is 1360. The zero-order chi connectivity index (χ0) is 21.8. The van der Waals surface area contributed by atoms with E-state index in [1.54, 1.807) is 6.08 Å². The fraction of sp³-hybridized carbons (Fsp3) is 0.0690. The lowest BCUT2D eigenvalue weighted by Crippen LogP contribution is -2.51. The molecule has 2 nitrogen and oxygen atoms in total. The van der Waals surface area contributed by atoms with Crippen LogP contribution in [0.5, 0.6) is 5.75 Å². The van der Waals surface area contributed by atoms with Crippen LogP contribution in [0.25, 0.3) is 5.57 Å². The first-order valence-corrected chi connectivity index (χ1v) is 11.4. The van der Waals surface area contributed by atoms with Gasteiger partial charge in [0, 0.05) is 21.2 Å². The number of hydrogen-bond donors (Lipinski definition) is 0. The summed E-state index contributed by atoms with van der Waals surface area (Å²) in [6, 6.07) is 36.2. The molecule has 4 aromatic carbocycles. The van der Waals surface area contributed by atoms with Gasteiger partial charge in [-0.25, -0.2) is 0 Å². The Morgan fingerprint density at radius 2 is 1.28 bits per heavy atom. The number of fused-ring (bicyclic) bond motifs is 3. The van der Waals surface area contributed by atoms with E-state index in [-0.39, 0.29) is 5.78 Å². The molecule has 6 rings (SSSR count). The van der Waals surface area contributed by atoms with Crippen LogP contribution >= 0.6 is 15.9 Å². The van der Waals surface area contributed by atoms with E-state index in [4.69, 9.17) is 4.74 Å². The normalized spacial score (nSPS) is 23.3. The SMILES string of the molecule is O=C1C=C(c2ccccc2)[C@@]2(c3ccccc3)Oc3ccc(Br)cc3[C@@]12c1ccccc1. The van der Waals surface area contributed by atoms with Crippen LogP contribution in [0.3, 0.4) is 0 Å². The molecule has 1 aliphatic heterocycles. The molecule has 0 fully saturated rings. The number of ether oxygens (including phenoxy) is 1. The summed E-state index contributed by atoms with van der Waals surface area (Å²) in [4.78, 5) is 14.2. The predicted octanol–water partition coefficient (Wildman–Crippen LogP) is 6.69. The molecule has 0 saturated heterocycles. The van der Waals surface area contributed by atoms with E-state index in [1.165, 1.54) is 0 Å². The monoisotopic (exact) mass is 478 g/mol. The number of carbonyl (C=O) groups is 1. The zero-order valence-electron chi connectivity index (χ0n) is 17.2. The molecule has 0 spiro atoms. The summed E-state index contributed by atoms with van der Waals surface area (Å²) in [6.45, 7) is 0. The molecule has 154 valence electrons. The number of benzene rings is 4. The van der Waals surface area contributed by atoms with Gasteiger partial charge in [-0.15, -0.1) is 0 Å². The quantitative estimate of drug-likeness (QED) is 0.327. The van der Waals surface area contributed by atoms with Crippen molar-refractivity contribution in [1.29, 1.82) is 0 Å². The maximum absolute atomic E-state index is 14.2. The van der Waals surface area contributed by atoms with Crippen LogP contribution in [-0.4, -0.2) is 5.78 Å². The first-order valence-electron chi connectivity index (χ1n) is 10.6. The summed E-state index contributed by atoms with van der Waals surface area (Å²) >= 11 is 3.63. The molecule has 2 atom stereocenters. The van der Waals surface area contributed by atoms with Crippen molar-refractivity contribution in [3.05, 3.63) is 142 Å². The number of allylic oxidation sites excluding steroid dienone is 1. The first-order chi connectivity index (χ1) is 15.7. The van der Waals surface area contributed by atoms with Gasteiger partial charge in [-0.05, 0) is 35.4 Å². The van der Waals surface area contributed by atoms with E-state index in [0.717, 1.165) is 38.0 Å². The number of hydrogen-bond acceptors (Lipinski definition) is 2. The number of halogens is 1. The molecule has 0 N–H and O–H groups in total. The smallest absolute Gasteiger partial charge is 0.181 e. The summed E-state index contributed by atoms with van der Waals surface area (Å²) in [5.41, 5.74) is 2.58. The molecule has 0 radical (unpaired) electrons. The minimum atomic E-state index is -1.03. The largest absolute Gasteiger partial charge is 0.476 e. The summed E-state index contributed by atoms with van der Waals surface area (Å²) in [5, 5.41) is 0. The highest BCUT2D eigenvalue weighted by Gasteiger charge is 2.70. The molecule has 0 bridgehead atoms. The molecule has 0 saturated carbocycles. The van der Waals surface area contributed by atoms with Gasteiger partial charge in [0.2, 0.25) is 0 Å². The van der Waals surface area contributed by atoms with Crippen LogP contribution in [0.15, 0.2) is 120 Å². The molecule has 0 aromatic heterocycles. The van der Waals surface area contributed by atoms with Gasteiger partial charge in [0.15, 0.2) is 11.4 Å². The summed E-state index contributed by atoms with van der Waals surface area (Å²) < 4.78 is 7.86. The molecule has 32 heavy (non-hydrogen) atoms. The van der Waals surface area contributed by atoms with Gasteiger partial charge in [0.1, 0.15) is 11.2 Å². The van der Waals surface area contributed by atoms with Gasteiger partial charge in [0.05, 0.1) is 0 Å². The van der Waals surface area contributed by atoms with Crippen LogP contribution in [0.1, 0.15) is 22.3 Å². The van der Waals surface area contributed by atoms with Crippen LogP contribution in [-0.2, 0) is 15.8 Å². The van der Waals surface area contributed by atoms with Crippen molar-refractivity contribution in [2.45, 2.75) is 11.0 Å². The third-order valence-electron chi connectivity index (χ3n) is 6.63. The van der Waals surface area contributed by atoms with Crippen molar-refractivity contribution < 1.29 is 9.53 Å². The molecular formula is C29H19BrO2. The topological polar surface area (TPSA) is 26.3 Å². The lowest BCUT2D eigenvalue weighted by Gasteiger charge is -2.41. The van der Waals surface area contributed by atoms with E-state index >= 15 is 0 Å². The van der Waals surface area contributed by atoms with Gasteiger partial charge in [-0.3, -0.25) is 4.79 Å². The van der Waals surface area contributed by atoms with Crippen molar-refractivity contribution in [1.82, 2.24) is 0 Å². The Morgan fingerprint density at radius 3 is 1.94 bits per heavy atom. The van der Waals surface area contributed by atoms with Crippen molar-refractivity contribution in [3.63, 3.8) is 0 Å². The summed E-state index contributed by atoms with van der Waals surface area (Å²) in [7, 11) is 0. The van der Waals surface area contributed by atoms with Crippen LogP contribution in [0.4, 0.5) is 0 Å². The Kier molecular flexibility index (Phi) is 4.24. The second kappa shape index (κ2) is 7.04. The van der Waals surface area contributed by atoms with E-state index < -0.39 is 11.0 Å². The van der Waals surface area contributed by atoms with E-state index in [1.807, 2.05) is 97.1 Å². The molecular weight excluding hydrogens is 460 g/mol. The third kappa shape index (κ3) is 2.37. The molecule has 1 heterocycles. The molecule has 4 aromatic rings. The van der Waals surface area contributed by atoms with Crippen molar-refractivity contribution in [3.8, 4) is 5.75 Å². The summed E-state index contributed by atoms with van der Waals surface area (Å²) in [5.74, 6) is 0.763. The average molecular weight is 479 g/mol. The first kappa shape index (κ1) is 19.3. The van der Waals surface area contributed by atoms with Crippen LogP contribution in [0, 0.1) is 0 Å². The Morgan fingerprint density at radius 1 is 0.688 bits per heavy atom. The van der Waals surface area contributed by atoms with Gasteiger partial charge >= 0.3 is 0 Å². The lowest BCUT2D eigenvalue weighted by molar-refractivity contribution is -0.120. The molecule has 0 unspecified atom stereocenters. The molecule has 1 aliphatic carbocycles. The van der Waals surface area contributed by atoms with Crippen molar-refractivity contribution >= 4 is 27.3 Å². The van der Waals surface area contributed by atoms with E-state index in [9.17, 15) is 4.79 Å². The van der Waals surface area contributed by atoms with Crippen molar-refractivity contribution in [2.75, 3.05) is 0 Å². The average Bonchev–Trinajstić information content (AvgIpc) is 3.29. The van der Waals surface area contributed by atoms with Crippen molar-refractivity contribution in [2.24, 2.45) is 0 Å². The van der Waals surface area contributed by atoms with E-state index in [0.29, 0.717) is 0 Å². The van der Waals surface area contributed by atoms with Gasteiger partial charge < -0.3 is 4.74 Å². The van der Waals surface area contributed by atoms with Crippen LogP contribution in [0.2, 0.25) is 0 Å². The predicted molar refractivity (Wildman–Crippen MR) is 130 cm³/mol. The van der Waals surface area contributed by atoms with E-state index in [2.05, 4.69) is 28.1 Å². The minimum Gasteiger partial charge on any atom is -0.476 e. The second-order valence-electron chi connectivity index (χ2n) is 8.19. The van der Waals surface area contributed by atoms with Gasteiger partial charge in [0.25, 0.3) is 0 Å².